The van der Waals surface area contributed by atoms with Crippen LogP contribution in [0.4, 0.5) is 0 Å². The third kappa shape index (κ3) is 4.18. The second kappa shape index (κ2) is 7.54. The Kier molecular flexibility index (Phi) is 6.97. The molecule has 1 rings (SSSR count). The predicted octanol–water partition coefficient (Wildman–Crippen LogP) is 8.02. The zero-order chi connectivity index (χ0) is 22.6. The molecule has 1 nitrogen and oxygen atoms in total. The fraction of sp³-hybridized carbons (Fsp3) is 0.760. The Morgan fingerprint density at radius 2 is 0.786 bits per heavy atom. The maximum absolute atomic E-state index is 5.82. The topological polar surface area (TPSA) is 9.23 Å². The van der Waals surface area contributed by atoms with Gasteiger partial charge >= 0.3 is 0 Å². The summed E-state index contributed by atoms with van der Waals surface area (Å²) in [5, 5.41) is -0.213. The summed E-state index contributed by atoms with van der Waals surface area (Å²) in [5.41, 5.74) is 2.90. The highest BCUT2D eigenvalue weighted by molar-refractivity contribution is 7.19. The van der Waals surface area contributed by atoms with Crippen LogP contribution in [0.3, 0.4) is 0 Å². The molecule has 28 heavy (non-hydrogen) atoms. The Labute approximate surface area is 180 Å². The Morgan fingerprint density at radius 3 is 0.964 bits per heavy atom. The summed E-state index contributed by atoms with van der Waals surface area (Å²) < 4.78 is 5.82. The number of hydrogen-bond donors (Lipinski definition) is 0. The molecule has 0 bridgehead atoms. The molecular formula is C25H46OP2. The minimum absolute atomic E-state index is 0.0621. The van der Waals surface area contributed by atoms with Crippen LogP contribution in [0.25, 0.3) is 0 Å². The molecule has 0 spiro atoms. The first kappa shape index (κ1) is 25.9. The molecule has 0 saturated heterocycles. The van der Waals surface area contributed by atoms with Gasteiger partial charge in [-0.25, -0.2) is 0 Å². The normalized spacial score (nSPS) is 15.0. The molecule has 0 N–H and O–H groups in total. The van der Waals surface area contributed by atoms with Crippen LogP contribution in [0.1, 0.15) is 94.2 Å². The summed E-state index contributed by atoms with van der Waals surface area (Å²) >= 11 is 0. The fourth-order valence-corrected chi connectivity index (χ4v) is 5.49. The Bertz CT molecular complexity index is 607. The van der Waals surface area contributed by atoms with E-state index in [0.717, 1.165) is 5.75 Å². The van der Waals surface area contributed by atoms with Crippen LogP contribution in [0, 0.1) is 21.7 Å². The van der Waals surface area contributed by atoms with E-state index < -0.39 is 0 Å². The van der Waals surface area contributed by atoms with Gasteiger partial charge in [-0.1, -0.05) is 89.2 Å². The van der Waals surface area contributed by atoms with Crippen molar-refractivity contribution in [3.8, 4) is 5.75 Å². The van der Waals surface area contributed by atoms with Gasteiger partial charge in [-0.2, -0.15) is 0 Å². The van der Waals surface area contributed by atoms with E-state index in [4.69, 9.17) is 4.74 Å². The molecule has 0 aliphatic rings. The van der Waals surface area contributed by atoms with Crippen molar-refractivity contribution in [2.24, 2.45) is 21.7 Å². The molecule has 1 aromatic rings. The van der Waals surface area contributed by atoms with E-state index in [1.807, 2.05) is 0 Å². The van der Waals surface area contributed by atoms with Crippen molar-refractivity contribution in [2.45, 2.75) is 93.4 Å². The van der Waals surface area contributed by atoms with E-state index in [-0.39, 0.29) is 32.0 Å². The van der Waals surface area contributed by atoms with Crippen molar-refractivity contribution in [1.29, 1.82) is 0 Å². The SMILES string of the molecule is COc1cc(C(P)(C(C)(C)C)C(C)(C)C)cc(C(P)(C(C)(C)C)C(C)(C)C)c1. The van der Waals surface area contributed by atoms with Crippen LogP contribution in [-0.4, -0.2) is 7.11 Å². The molecule has 162 valence electrons. The average Bonchev–Trinajstić information content (AvgIpc) is 2.48. The largest absolute Gasteiger partial charge is 0.497 e. The van der Waals surface area contributed by atoms with E-state index in [1.54, 1.807) is 7.11 Å². The highest BCUT2D eigenvalue weighted by atomic mass is 31.0. The molecule has 0 aromatic heterocycles. The molecule has 2 unspecified atom stereocenters. The van der Waals surface area contributed by atoms with Crippen LogP contribution in [0.15, 0.2) is 18.2 Å². The first-order chi connectivity index (χ1) is 12.1. The summed E-state index contributed by atoms with van der Waals surface area (Å²) in [6.07, 6.45) is 0. The third-order valence-corrected chi connectivity index (χ3v) is 10.9. The monoisotopic (exact) mass is 424 g/mol. The Morgan fingerprint density at radius 1 is 0.536 bits per heavy atom. The number of methoxy groups -OCH3 is 1. The van der Waals surface area contributed by atoms with Crippen molar-refractivity contribution in [3.63, 3.8) is 0 Å². The summed E-state index contributed by atoms with van der Waals surface area (Å²) in [7, 11) is 8.23. The van der Waals surface area contributed by atoms with Gasteiger partial charge in [0.1, 0.15) is 5.75 Å². The molecule has 2 atom stereocenters. The molecule has 0 aliphatic heterocycles. The van der Waals surface area contributed by atoms with Crippen molar-refractivity contribution < 1.29 is 4.74 Å². The molecule has 3 heteroatoms. The summed E-state index contributed by atoms with van der Waals surface area (Å²) in [5.74, 6) is 0.938. The van der Waals surface area contributed by atoms with Gasteiger partial charge in [-0.15, -0.1) is 18.5 Å². The van der Waals surface area contributed by atoms with Crippen molar-refractivity contribution >= 4 is 18.5 Å². The standard InChI is InChI=1S/C25H46OP2/c1-20(2,3)24(27,21(4,5)6)17-14-18(16-19(15-17)26-13)25(28,22(7,8)9)23(10,11)12/h14-16H,27-28H2,1-13H3. The first-order valence-corrected chi connectivity index (χ1v) is 11.6. The lowest BCUT2D eigenvalue weighted by Crippen LogP contribution is -2.47. The Hall–Kier alpha value is -0.120. The van der Waals surface area contributed by atoms with Crippen LogP contribution < -0.4 is 4.74 Å². The average molecular weight is 425 g/mol. The quantitative estimate of drug-likeness (QED) is 0.446. The minimum atomic E-state index is -0.107. The van der Waals surface area contributed by atoms with Crippen molar-refractivity contribution in [3.05, 3.63) is 29.3 Å². The summed E-state index contributed by atoms with van der Waals surface area (Å²) in [4.78, 5) is 0. The summed E-state index contributed by atoms with van der Waals surface area (Å²) in [6, 6.07) is 6.92. The van der Waals surface area contributed by atoms with Gasteiger partial charge < -0.3 is 4.74 Å². The maximum atomic E-state index is 5.82. The van der Waals surface area contributed by atoms with Gasteiger partial charge in [0.2, 0.25) is 0 Å². The van der Waals surface area contributed by atoms with Crippen LogP contribution >= 0.6 is 18.5 Å². The van der Waals surface area contributed by atoms with Gasteiger partial charge in [0.05, 0.1) is 7.11 Å². The lowest BCUT2D eigenvalue weighted by atomic mass is 9.60. The van der Waals surface area contributed by atoms with Gasteiger partial charge in [0.15, 0.2) is 0 Å². The van der Waals surface area contributed by atoms with Crippen LogP contribution in [-0.2, 0) is 10.3 Å². The van der Waals surface area contributed by atoms with Crippen LogP contribution in [0.2, 0.25) is 0 Å². The van der Waals surface area contributed by atoms with Crippen LogP contribution in [0.5, 0.6) is 5.75 Å². The van der Waals surface area contributed by atoms with E-state index in [0.29, 0.717) is 0 Å². The van der Waals surface area contributed by atoms with Gasteiger partial charge in [0.25, 0.3) is 0 Å². The minimum Gasteiger partial charge on any atom is -0.497 e. The first-order valence-electron chi connectivity index (χ1n) is 10.4. The highest BCUT2D eigenvalue weighted by Crippen LogP contribution is 2.62. The van der Waals surface area contributed by atoms with E-state index in [9.17, 15) is 0 Å². The molecular weight excluding hydrogens is 378 g/mol. The predicted molar refractivity (Wildman–Crippen MR) is 134 cm³/mol. The number of rotatable bonds is 3. The zero-order valence-corrected chi connectivity index (χ0v) is 23.1. The molecule has 0 amide bonds. The highest BCUT2D eigenvalue weighted by Gasteiger charge is 2.51. The molecule has 0 fully saturated rings. The molecule has 0 saturated carbocycles. The number of ether oxygens (including phenoxy) is 1. The van der Waals surface area contributed by atoms with E-state index >= 15 is 0 Å². The fourth-order valence-electron chi connectivity index (χ4n) is 5.15. The van der Waals surface area contributed by atoms with Gasteiger partial charge in [-0.05, 0) is 44.9 Å². The zero-order valence-electron chi connectivity index (χ0n) is 20.8. The maximum Gasteiger partial charge on any atom is 0.119 e. The molecule has 0 radical (unpaired) electrons. The van der Waals surface area contributed by atoms with Gasteiger partial charge in [-0.3, -0.25) is 0 Å². The van der Waals surface area contributed by atoms with E-state index in [1.165, 1.54) is 11.1 Å². The summed E-state index contributed by atoms with van der Waals surface area (Å²) in [6.45, 7) is 28.1. The second-order valence-electron chi connectivity index (χ2n) is 12.6. The smallest absolute Gasteiger partial charge is 0.119 e. The third-order valence-electron chi connectivity index (χ3n) is 6.78. The molecule has 0 aliphatic carbocycles. The number of hydrogen-bond acceptors (Lipinski definition) is 1. The second-order valence-corrected chi connectivity index (χ2v) is 14.3. The van der Waals surface area contributed by atoms with Gasteiger partial charge in [0, 0.05) is 10.3 Å². The molecule has 1 aromatic carbocycles. The Balaban J connectivity index is 4.01. The van der Waals surface area contributed by atoms with Crippen molar-refractivity contribution in [1.82, 2.24) is 0 Å². The number of benzene rings is 1. The lowest BCUT2D eigenvalue weighted by molar-refractivity contribution is 0.133. The van der Waals surface area contributed by atoms with Crippen molar-refractivity contribution in [2.75, 3.05) is 7.11 Å². The lowest BCUT2D eigenvalue weighted by Gasteiger charge is -2.54. The molecule has 0 heterocycles. The van der Waals surface area contributed by atoms with E-state index in [2.05, 4.69) is 120 Å².